The molecule has 0 aliphatic carbocycles. The zero-order chi connectivity index (χ0) is 24.2. The number of amides is 2. The summed E-state index contributed by atoms with van der Waals surface area (Å²) in [6.45, 7) is 0.307. The van der Waals surface area contributed by atoms with Crippen LogP contribution in [0.25, 0.3) is 6.08 Å². The second kappa shape index (κ2) is 10.4. The van der Waals surface area contributed by atoms with Gasteiger partial charge in [0.2, 0.25) is 0 Å². The second-order valence-corrected chi connectivity index (χ2v) is 9.64. The summed E-state index contributed by atoms with van der Waals surface area (Å²) in [6.07, 6.45) is 1.62. The van der Waals surface area contributed by atoms with Gasteiger partial charge >= 0.3 is 0 Å². The van der Waals surface area contributed by atoms with Crippen molar-refractivity contribution in [1.29, 1.82) is 0 Å². The Morgan fingerprint density at radius 3 is 2.53 bits per heavy atom. The van der Waals surface area contributed by atoms with Crippen LogP contribution in [0.15, 0.2) is 76.1 Å². The first-order chi connectivity index (χ1) is 16.3. The van der Waals surface area contributed by atoms with Gasteiger partial charge in [-0.2, -0.15) is 0 Å². The van der Waals surface area contributed by atoms with Crippen molar-refractivity contribution in [1.82, 2.24) is 4.90 Å². The lowest BCUT2D eigenvalue weighted by Crippen LogP contribution is -2.27. The molecule has 4 rings (SSSR count). The molecule has 1 fully saturated rings. The zero-order valence-corrected chi connectivity index (χ0v) is 20.6. The molecule has 0 saturated carbocycles. The molecule has 0 spiro atoms. The summed E-state index contributed by atoms with van der Waals surface area (Å²) in [5.74, 6) is 0.111. The van der Waals surface area contributed by atoms with E-state index < -0.39 is 10.8 Å². The van der Waals surface area contributed by atoms with Gasteiger partial charge < -0.3 is 4.74 Å². The molecule has 0 N–H and O–H groups in total. The van der Waals surface area contributed by atoms with Crippen molar-refractivity contribution in [3.63, 3.8) is 0 Å². The molecule has 0 radical (unpaired) electrons. The molecule has 0 atom stereocenters. The number of nitrogens with zero attached hydrogens (tertiary/aromatic N) is 2. The average Bonchev–Trinajstić information content (AvgIpc) is 3.06. The molecule has 0 unspecified atom stereocenters. The molecule has 3 aromatic rings. The van der Waals surface area contributed by atoms with E-state index in [0.29, 0.717) is 16.3 Å². The Morgan fingerprint density at radius 1 is 1.06 bits per heavy atom. The van der Waals surface area contributed by atoms with E-state index in [0.717, 1.165) is 27.4 Å². The maximum atomic E-state index is 12.9. The van der Waals surface area contributed by atoms with Gasteiger partial charge in [0.05, 0.1) is 16.4 Å². The van der Waals surface area contributed by atoms with Crippen LogP contribution in [0.5, 0.6) is 5.75 Å². The van der Waals surface area contributed by atoms with Crippen LogP contribution in [0.1, 0.15) is 16.7 Å². The van der Waals surface area contributed by atoms with Crippen LogP contribution in [-0.2, 0) is 17.9 Å². The SMILES string of the molecule is O=C1S/C(=C\c2cc(Br)ccc2OCc2ccc([N+](=O)[O-])cc2)C(=O)N1Cc1cccc(Cl)c1. The van der Waals surface area contributed by atoms with Crippen LogP contribution < -0.4 is 4.74 Å². The normalized spacial score (nSPS) is 14.6. The van der Waals surface area contributed by atoms with Crippen molar-refractivity contribution in [3.05, 3.63) is 108 Å². The molecule has 1 heterocycles. The van der Waals surface area contributed by atoms with Crippen molar-refractivity contribution in [3.8, 4) is 5.75 Å². The highest BCUT2D eigenvalue weighted by atomic mass is 79.9. The van der Waals surface area contributed by atoms with Gasteiger partial charge in [0.1, 0.15) is 12.4 Å². The van der Waals surface area contributed by atoms with Gasteiger partial charge in [0, 0.05) is 27.2 Å². The fraction of sp³-hybridized carbons (Fsp3) is 0.0833. The van der Waals surface area contributed by atoms with Crippen molar-refractivity contribution in [2.24, 2.45) is 0 Å². The predicted molar refractivity (Wildman–Crippen MR) is 135 cm³/mol. The van der Waals surface area contributed by atoms with E-state index in [9.17, 15) is 19.7 Å². The predicted octanol–water partition coefficient (Wildman–Crippen LogP) is 6.83. The quantitative estimate of drug-likeness (QED) is 0.179. The second-order valence-electron chi connectivity index (χ2n) is 7.29. The van der Waals surface area contributed by atoms with Crippen molar-refractivity contribution < 1.29 is 19.2 Å². The van der Waals surface area contributed by atoms with Gasteiger partial charge in [-0.15, -0.1) is 0 Å². The Hall–Kier alpha value is -3.14. The van der Waals surface area contributed by atoms with E-state index in [1.54, 1.807) is 60.7 Å². The minimum atomic E-state index is -0.461. The summed E-state index contributed by atoms with van der Waals surface area (Å²) >= 11 is 10.3. The van der Waals surface area contributed by atoms with Gasteiger partial charge in [-0.25, -0.2) is 0 Å². The minimum Gasteiger partial charge on any atom is -0.488 e. The number of carbonyl (C=O) groups is 2. The average molecular weight is 560 g/mol. The van der Waals surface area contributed by atoms with E-state index in [2.05, 4.69) is 15.9 Å². The van der Waals surface area contributed by atoms with E-state index in [-0.39, 0.29) is 29.0 Å². The summed E-state index contributed by atoms with van der Waals surface area (Å²) in [7, 11) is 0. The first kappa shape index (κ1) is 24.0. The van der Waals surface area contributed by atoms with E-state index >= 15 is 0 Å². The van der Waals surface area contributed by atoms with Gasteiger partial charge in [-0.1, -0.05) is 39.7 Å². The first-order valence-corrected chi connectivity index (χ1v) is 11.9. The highest BCUT2D eigenvalue weighted by Crippen LogP contribution is 2.36. The molecule has 1 saturated heterocycles. The number of hydrogen-bond acceptors (Lipinski definition) is 6. The van der Waals surface area contributed by atoms with Crippen LogP contribution in [0, 0.1) is 10.1 Å². The number of ether oxygens (including phenoxy) is 1. The third kappa shape index (κ3) is 5.67. The van der Waals surface area contributed by atoms with Crippen LogP contribution >= 0.6 is 39.3 Å². The lowest BCUT2D eigenvalue weighted by Gasteiger charge is -2.13. The van der Waals surface area contributed by atoms with Crippen LogP contribution in [0.4, 0.5) is 10.5 Å². The molecule has 34 heavy (non-hydrogen) atoms. The Bertz CT molecular complexity index is 1310. The minimum absolute atomic E-state index is 0.00146. The van der Waals surface area contributed by atoms with Gasteiger partial charge in [0.15, 0.2) is 0 Å². The molecule has 0 bridgehead atoms. The smallest absolute Gasteiger partial charge is 0.293 e. The molecule has 172 valence electrons. The fourth-order valence-electron chi connectivity index (χ4n) is 3.23. The largest absolute Gasteiger partial charge is 0.488 e. The Morgan fingerprint density at radius 2 is 1.82 bits per heavy atom. The molecule has 10 heteroatoms. The van der Waals surface area contributed by atoms with Crippen molar-refractivity contribution in [2.75, 3.05) is 0 Å². The number of thioether (sulfide) groups is 1. The van der Waals surface area contributed by atoms with Crippen LogP contribution in [0.2, 0.25) is 5.02 Å². The number of rotatable bonds is 7. The molecular weight excluding hydrogens is 544 g/mol. The van der Waals surface area contributed by atoms with Gasteiger partial charge in [-0.05, 0) is 71.4 Å². The first-order valence-electron chi connectivity index (χ1n) is 9.95. The third-order valence-corrected chi connectivity index (χ3v) is 6.54. The zero-order valence-electron chi connectivity index (χ0n) is 17.4. The van der Waals surface area contributed by atoms with E-state index in [1.165, 1.54) is 17.0 Å². The Kier molecular flexibility index (Phi) is 7.35. The molecular formula is C24H16BrClN2O5S. The number of carbonyl (C=O) groups excluding carboxylic acids is 2. The molecule has 7 nitrogen and oxygen atoms in total. The number of halogens is 2. The van der Waals surface area contributed by atoms with E-state index in [4.69, 9.17) is 16.3 Å². The lowest BCUT2D eigenvalue weighted by molar-refractivity contribution is -0.384. The molecule has 1 aliphatic rings. The topological polar surface area (TPSA) is 89.7 Å². The highest BCUT2D eigenvalue weighted by molar-refractivity contribution is 9.10. The summed E-state index contributed by atoms with van der Waals surface area (Å²) < 4.78 is 6.69. The third-order valence-electron chi connectivity index (χ3n) is 4.90. The van der Waals surface area contributed by atoms with Gasteiger partial charge in [-0.3, -0.25) is 24.6 Å². The number of imide groups is 1. The maximum absolute atomic E-state index is 12.9. The summed E-state index contributed by atoms with van der Waals surface area (Å²) in [5, 5.41) is 11.0. The van der Waals surface area contributed by atoms with Crippen molar-refractivity contribution in [2.45, 2.75) is 13.2 Å². The molecule has 2 amide bonds. The summed E-state index contributed by atoms with van der Waals surface area (Å²) in [4.78, 5) is 37.3. The highest BCUT2D eigenvalue weighted by Gasteiger charge is 2.35. The molecule has 3 aromatic carbocycles. The molecule has 1 aliphatic heterocycles. The lowest BCUT2D eigenvalue weighted by atomic mass is 10.1. The van der Waals surface area contributed by atoms with Crippen LogP contribution in [-0.4, -0.2) is 21.0 Å². The van der Waals surface area contributed by atoms with Crippen molar-refractivity contribution >= 4 is 62.2 Å². The fourth-order valence-corrected chi connectivity index (χ4v) is 4.65. The number of benzene rings is 3. The Labute approximate surface area is 212 Å². The Balaban J connectivity index is 1.53. The number of nitro groups is 1. The van der Waals surface area contributed by atoms with Gasteiger partial charge in [0.25, 0.3) is 16.8 Å². The number of nitro benzene ring substituents is 1. The standard InChI is InChI=1S/C24H16BrClN2O5S/c25-18-6-9-21(33-14-15-4-7-20(8-5-15)28(31)32)17(11-18)12-22-23(29)27(24(30)34-22)13-16-2-1-3-19(26)10-16/h1-12H,13-14H2/b22-12-. The number of hydrogen-bond donors (Lipinski definition) is 0. The maximum Gasteiger partial charge on any atom is 0.293 e. The summed E-state index contributed by atoms with van der Waals surface area (Å²) in [6, 6.07) is 18.4. The van der Waals surface area contributed by atoms with E-state index in [1.807, 2.05) is 0 Å². The monoisotopic (exact) mass is 558 g/mol. The molecule has 0 aromatic heterocycles. The number of non-ortho nitro benzene ring substituents is 1. The van der Waals surface area contributed by atoms with Crippen LogP contribution in [0.3, 0.4) is 0 Å². The summed E-state index contributed by atoms with van der Waals surface area (Å²) in [5.41, 5.74) is 2.12.